The van der Waals surface area contributed by atoms with Gasteiger partial charge in [0.25, 0.3) is 0 Å². The van der Waals surface area contributed by atoms with E-state index in [0.29, 0.717) is 11.7 Å². The van der Waals surface area contributed by atoms with Gasteiger partial charge < -0.3 is 10.0 Å². The Morgan fingerprint density at radius 3 is 2.57 bits per heavy atom. The van der Waals surface area contributed by atoms with Gasteiger partial charge in [0.2, 0.25) is 5.91 Å². The number of fused-ring (bicyclic) bond motifs is 1. The maximum atomic E-state index is 11.9. The molecule has 0 radical (unpaired) electrons. The Labute approximate surface area is 166 Å². The van der Waals surface area contributed by atoms with E-state index in [2.05, 4.69) is 42.4 Å². The Balaban J connectivity index is 1.70. The van der Waals surface area contributed by atoms with Crippen LogP contribution in [0, 0.1) is 13.8 Å². The minimum absolute atomic E-state index is 0.0555. The quantitative estimate of drug-likeness (QED) is 0.816. The third-order valence-electron chi connectivity index (χ3n) is 5.45. The number of carbonyl (C=O) groups excluding carboxylic acids is 1. The summed E-state index contributed by atoms with van der Waals surface area (Å²) in [7, 11) is 3.38. The lowest BCUT2D eigenvalue weighted by Crippen LogP contribution is -2.33. The predicted molar refractivity (Wildman–Crippen MR) is 107 cm³/mol. The molecule has 154 valence electrons. The molecule has 0 unspecified atom stereocenters. The van der Waals surface area contributed by atoms with Crippen LogP contribution in [0.5, 0.6) is 0 Å². The lowest BCUT2D eigenvalue weighted by atomic mass is 10.1. The van der Waals surface area contributed by atoms with E-state index in [1.807, 2.05) is 10.7 Å². The summed E-state index contributed by atoms with van der Waals surface area (Å²) < 4.78 is 4.04. The third-order valence-corrected chi connectivity index (χ3v) is 5.45. The van der Waals surface area contributed by atoms with Crippen molar-refractivity contribution in [3.8, 4) is 0 Å². The fourth-order valence-corrected chi connectivity index (χ4v) is 3.75. The maximum absolute atomic E-state index is 11.9. The Kier molecular flexibility index (Phi) is 5.90. The van der Waals surface area contributed by atoms with E-state index in [-0.39, 0.29) is 12.3 Å². The molecular weight excluding hydrogens is 356 g/mol. The first kappa shape index (κ1) is 20.5. The predicted octanol–water partition coefficient (Wildman–Crippen LogP) is 1.80. The molecule has 0 aromatic carbocycles. The van der Waals surface area contributed by atoms with Crippen LogP contribution in [-0.2, 0) is 24.4 Å². The van der Waals surface area contributed by atoms with E-state index in [1.54, 1.807) is 14.1 Å². The fourth-order valence-electron chi connectivity index (χ4n) is 3.75. The van der Waals surface area contributed by atoms with Crippen molar-refractivity contribution in [1.29, 1.82) is 0 Å². The molecule has 0 aliphatic carbocycles. The highest BCUT2D eigenvalue weighted by Crippen LogP contribution is 2.24. The van der Waals surface area contributed by atoms with Gasteiger partial charge in [-0.15, -0.1) is 0 Å². The molecule has 1 N–H and O–H groups in total. The van der Waals surface area contributed by atoms with Gasteiger partial charge in [0, 0.05) is 51.0 Å². The number of carbonyl (C=O) groups is 1. The highest BCUT2D eigenvalue weighted by molar-refractivity contribution is 5.76. The average molecular weight is 389 g/mol. The molecule has 1 aliphatic heterocycles. The molecule has 0 saturated heterocycles. The second-order valence-electron chi connectivity index (χ2n) is 8.19. The van der Waals surface area contributed by atoms with E-state index in [1.165, 1.54) is 16.2 Å². The van der Waals surface area contributed by atoms with Gasteiger partial charge in [-0.25, -0.2) is 0 Å². The molecule has 0 spiro atoms. The lowest BCUT2D eigenvalue weighted by molar-refractivity contribution is -0.130. The molecular formula is C20H32N6O2. The molecule has 2 aromatic heterocycles. The van der Waals surface area contributed by atoms with Gasteiger partial charge in [0.05, 0.1) is 30.0 Å². The van der Waals surface area contributed by atoms with Gasteiger partial charge in [-0.2, -0.15) is 10.2 Å². The number of aliphatic hydroxyl groups is 1. The summed E-state index contributed by atoms with van der Waals surface area (Å²) >= 11 is 0. The zero-order valence-corrected chi connectivity index (χ0v) is 17.8. The molecule has 28 heavy (non-hydrogen) atoms. The van der Waals surface area contributed by atoms with Crippen molar-refractivity contribution in [3.05, 3.63) is 34.4 Å². The molecule has 0 saturated carbocycles. The maximum Gasteiger partial charge on any atom is 0.225 e. The van der Waals surface area contributed by atoms with Crippen LogP contribution in [0.25, 0.3) is 0 Å². The highest BCUT2D eigenvalue weighted by Gasteiger charge is 2.24. The minimum atomic E-state index is -0.866. The van der Waals surface area contributed by atoms with Crippen molar-refractivity contribution in [2.24, 2.45) is 0 Å². The summed E-state index contributed by atoms with van der Waals surface area (Å²) in [6.07, 6.45) is -0.810. The Hall–Kier alpha value is -2.19. The number of aliphatic hydroxyl groups excluding tert-OH is 1. The van der Waals surface area contributed by atoms with Gasteiger partial charge in [0.15, 0.2) is 0 Å². The second kappa shape index (κ2) is 8.05. The van der Waals surface area contributed by atoms with Crippen molar-refractivity contribution < 1.29 is 9.90 Å². The molecule has 0 bridgehead atoms. The molecule has 3 rings (SSSR count). The molecule has 3 heterocycles. The number of hydrogen-bond donors (Lipinski definition) is 1. The smallest absolute Gasteiger partial charge is 0.225 e. The Bertz CT molecular complexity index is 851. The summed E-state index contributed by atoms with van der Waals surface area (Å²) in [5.74, 6) is -0.104. The van der Waals surface area contributed by atoms with Crippen molar-refractivity contribution in [3.63, 3.8) is 0 Å². The highest BCUT2D eigenvalue weighted by atomic mass is 16.3. The normalized spacial score (nSPS) is 15.7. The van der Waals surface area contributed by atoms with E-state index in [9.17, 15) is 9.90 Å². The van der Waals surface area contributed by atoms with Crippen LogP contribution in [0.3, 0.4) is 0 Å². The van der Waals surface area contributed by atoms with E-state index in [0.717, 1.165) is 37.6 Å². The van der Waals surface area contributed by atoms with Crippen LogP contribution in [0.15, 0.2) is 6.07 Å². The summed E-state index contributed by atoms with van der Waals surface area (Å²) in [5, 5.41) is 19.6. The number of aromatic nitrogens is 4. The van der Waals surface area contributed by atoms with Gasteiger partial charge in [-0.1, -0.05) is 0 Å². The fraction of sp³-hybridized carbons (Fsp3) is 0.650. The first-order chi connectivity index (χ1) is 13.2. The van der Waals surface area contributed by atoms with Crippen LogP contribution in [0.1, 0.15) is 60.8 Å². The van der Waals surface area contributed by atoms with Gasteiger partial charge in [-0.05, 0) is 33.8 Å². The lowest BCUT2D eigenvalue weighted by Gasteiger charge is -2.27. The topological polar surface area (TPSA) is 79.4 Å². The van der Waals surface area contributed by atoms with E-state index < -0.39 is 6.10 Å². The van der Waals surface area contributed by atoms with Gasteiger partial charge in [0.1, 0.15) is 6.10 Å². The first-order valence-corrected chi connectivity index (χ1v) is 9.89. The standard InChI is InChI=1S/C20H32N6O2/c1-13(2)26-15(4)17(14(3)21-26)12-24-7-8-25-16(11-24)9-18(22-25)19(27)10-20(28)23(5)6/h9,13,19,27H,7-8,10-12H2,1-6H3/t19-/m1/s1. The number of hydrogen-bond acceptors (Lipinski definition) is 5. The van der Waals surface area contributed by atoms with E-state index in [4.69, 9.17) is 5.10 Å². The zero-order valence-electron chi connectivity index (χ0n) is 17.8. The molecule has 2 aromatic rings. The average Bonchev–Trinajstić information content (AvgIpc) is 3.17. The number of amides is 1. The molecule has 8 nitrogen and oxygen atoms in total. The largest absolute Gasteiger partial charge is 0.386 e. The van der Waals surface area contributed by atoms with Crippen LogP contribution in [0.4, 0.5) is 0 Å². The summed E-state index contributed by atoms with van der Waals surface area (Å²) in [6, 6.07) is 2.28. The zero-order chi connectivity index (χ0) is 20.6. The summed E-state index contributed by atoms with van der Waals surface area (Å²) in [5.41, 5.74) is 5.25. The Morgan fingerprint density at radius 2 is 1.96 bits per heavy atom. The monoisotopic (exact) mass is 388 g/mol. The Morgan fingerprint density at radius 1 is 1.25 bits per heavy atom. The van der Waals surface area contributed by atoms with Crippen LogP contribution in [0.2, 0.25) is 0 Å². The third kappa shape index (κ3) is 4.12. The van der Waals surface area contributed by atoms with Crippen molar-refractivity contribution >= 4 is 5.91 Å². The van der Waals surface area contributed by atoms with Crippen molar-refractivity contribution in [1.82, 2.24) is 29.4 Å². The number of aryl methyl sites for hydroxylation is 1. The van der Waals surface area contributed by atoms with Gasteiger partial charge in [-0.3, -0.25) is 19.1 Å². The second-order valence-corrected chi connectivity index (χ2v) is 8.19. The number of rotatable bonds is 6. The number of nitrogens with zero attached hydrogens (tertiary/aromatic N) is 6. The van der Waals surface area contributed by atoms with Crippen molar-refractivity contribution in [2.75, 3.05) is 20.6 Å². The van der Waals surface area contributed by atoms with Crippen LogP contribution >= 0.6 is 0 Å². The summed E-state index contributed by atoms with van der Waals surface area (Å²) in [6.45, 7) is 11.8. The van der Waals surface area contributed by atoms with Crippen molar-refractivity contribution in [2.45, 2.75) is 65.9 Å². The molecule has 1 aliphatic rings. The van der Waals surface area contributed by atoms with Crippen LogP contribution in [-0.4, -0.2) is 61.0 Å². The van der Waals surface area contributed by atoms with Gasteiger partial charge >= 0.3 is 0 Å². The molecule has 1 atom stereocenters. The first-order valence-electron chi connectivity index (χ1n) is 9.89. The summed E-state index contributed by atoms with van der Waals surface area (Å²) in [4.78, 5) is 15.7. The van der Waals surface area contributed by atoms with E-state index >= 15 is 0 Å². The molecule has 1 amide bonds. The minimum Gasteiger partial charge on any atom is -0.386 e. The molecule has 0 fully saturated rings. The van der Waals surface area contributed by atoms with Crippen LogP contribution < -0.4 is 0 Å². The molecule has 8 heteroatoms. The SMILES string of the molecule is Cc1nn(C(C)C)c(C)c1CN1CCn2nc([C@H](O)CC(=O)N(C)C)cc2C1.